The van der Waals surface area contributed by atoms with Crippen molar-refractivity contribution in [2.75, 3.05) is 6.01 Å². The number of thiocyanates is 1. The number of nitrogens with zero attached hydrogens (tertiary/aromatic N) is 2. The lowest BCUT2D eigenvalue weighted by molar-refractivity contribution is 0.177. The van der Waals surface area contributed by atoms with Crippen LogP contribution in [0, 0.1) is 27.8 Å². The highest BCUT2D eigenvalue weighted by Gasteiger charge is 2.34. The first kappa shape index (κ1) is 18.2. The third kappa shape index (κ3) is 3.11. The van der Waals surface area contributed by atoms with E-state index in [0.717, 1.165) is 12.1 Å². The predicted molar refractivity (Wildman–Crippen MR) is 92.5 cm³/mol. The van der Waals surface area contributed by atoms with Crippen molar-refractivity contribution in [2.45, 2.75) is 23.8 Å². The lowest BCUT2D eigenvalue weighted by Crippen LogP contribution is -2.14. The van der Waals surface area contributed by atoms with Crippen molar-refractivity contribution in [1.29, 1.82) is 10.5 Å². The molecule has 0 saturated carbocycles. The second kappa shape index (κ2) is 6.93. The molecule has 1 aliphatic rings. The molecule has 2 aromatic carbocycles. The molecular formula is C18H15F2N3O2S. The minimum Gasteiger partial charge on any atom is -0.457 e. The highest BCUT2D eigenvalue weighted by molar-refractivity contribution is 8.35. The molecule has 0 aromatic heterocycles. The van der Waals surface area contributed by atoms with E-state index in [2.05, 4.69) is 0 Å². The molecule has 0 aliphatic heterocycles. The maximum Gasteiger partial charge on any atom is 0.147 e. The van der Waals surface area contributed by atoms with Gasteiger partial charge in [0.25, 0.3) is 0 Å². The Morgan fingerprint density at radius 1 is 1.31 bits per heavy atom. The molecule has 2 aromatic rings. The van der Waals surface area contributed by atoms with Gasteiger partial charge in [-0.3, -0.25) is 5.14 Å². The molecule has 5 nitrogen and oxygen atoms in total. The molecule has 0 bridgehead atoms. The fourth-order valence-electron chi connectivity index (χ4n) is 3.03. The highest BCUT2D eigenvalue weighted by Crippen LogP contribution is 2.55. The van der Waals surface area contributed by atoms with Gasteiger partial charge < -0.3 is 9.84 Å². The van der Waals surface area contributed by atoms with Crippen LogP contribution in [0.3, 0.4) is 0 Å². The normalized spacial score (nSPS) is 18.9. The summed E-state index contributed by atoms with van der Waals surface area (Å²) in [5.74, 6) is -0.122. The van der Waals surface area contributed by atoms with Gasteiger partial charge in [0.15, 0.2) is 0 Å². The van der Waals surface area contributed by atoms with Crippen molar-refractivity contribution < 1.29 is 18.6 Å². The summed E-state index contributed by atoms with van der Waals surface area (Å²) < 4.78 is 32.7. The van der Waals surface area contributed by atoms with Crippen molar-refractivity contribution in [3.8, 4) is 23.0 Å². The van der Waals surface area contributed by atoms with Crippen LogP contribution in [0.2, 0.25) is 0 Å². The first-order valence-electron chi connectivity index (χ1n) is 7.70. The van der Waals surface area contributed by atoms with E-state index in [1.54, 1.807) is 0 Å². The molecule has 3 N–H and O–H groups in total. The average molecular weight is 375 g/mol. The summed E-state index contributed by atoms with van der Waals surface area (Å²) in [5.41, 5.74) is 1.14. The zero-order valence-corrected chi connectivity index (χ0v) is 14.4. The highest BCUT2D eigenvalue weighted by atomic mass is 32.3. The number of benzene rings is 2. The Balaban J connectivity index is 2.08. The van der Waals surface area contributed by atoms with Crippen LogP contribution in [-0.4, -0.2) is 11.1 Å². The molecule has 0 spiro atoms. The molecule has 26 heavy (non-hydrogen) atoms. The van der Waals surface area contributed by atoms with E-state index >= 15 is 0 Å². The number of alkyl halides is 1. The zero-order valence-electron chi connectivity index (χ0n) is 13.6. The first-order chi connectivity index (χ1) is 12.4. The Kier molecular flexibility index (Phi) is 4.84. The quantitative estimate of drug-likeness (QED) is 0.789. The minimum absolute atomic E-state index is 0.112. The van der Waals surface area contributed by atoms with E-state index in [9.17, 15) is 19.1 Å². The predicted octanol–water partition coefficient (Wildman–Crippen LogP) is 3.91. The summed E-state index contributed by atoms with van der Waals surface area (Å²) in [6, 6.07) is 7.46. The Labute approximate surface area is 150 Å². The third-order valence-corrected chi connectivity index (χ3v) is 6.04. The number of ether oxygens (including phenoxy) is 1. The van der Waals surface area contributed by atoms with Crippen LogP contribution in [-0.2, 0) is 6.42 Å². The van der Waals surface area contributed by atoms with Crippen LogP contribution in [0.15, 0.2) is 35.2 Å². The van der Waals surface area contributed by atoms with Crippen LogP contribution in [0.1, 0.15) is 29.2 Å². The third-order valence-electron chi connectivity index (χ3n) is 4.23. The summed E-state index contributed by atoms with van der Waals surface area (Å²) in [6.45, 7) is 0. The van der Waals surface area contributed by atoms with E-state index < -0.39 is 28.1 Å². The van der Waals surface area contributed by atoms with Gasteiger partial charge in [0.1, 0.15) is 28.7 Å². The Morgan fingerprint density at radius 2 is 2.08 bits per heavy atom. The summed E-state index contributed by atoms with van der Waals surface area (Å²) in [5, 5.41) is 36.3. The number of aliphatic hydroxyl groups is 1. The monoisotopic (exact) mass is 375 g/mol. The van der Waals surface area contributed by atoms with E-state index in [0.29, 0.717) is 34.6 Å². The average Bonchev–Trinajstić information content (AvgIpc) is 3.03. The summed E-state index contributed by atoms with van der Waals surface area (Å²) in [7, 11) is -2.84. The Morgan fingerprint density at radius 3 is 2.73 bits per heavy atom. The molecule has 0 fully saturated rings. The van der Waals surface area contributed by atoms with E-state index in [4.69, 9.17) is 15.1 Å². The molecule has 1 aliphatic carbocycles. The van der Waals surface area contributed by atoms with Gasteiger partial charge in [-0.25, -0.2) is 8.78 Å². The second-order valence-electron chi connectivity index (χ2n) is 5.89. The molecule has 0 saturated heterocycles. The largest absolute Gasteiger partial charge is 0.457 e. The van der Waals surface area contributed by atoms with Crippen LogP contribution < -0.4 is 9.88 Å². The van der Waals surface area contributed by atoms with Gasteiger partial charge in [-0.2, -0.15) is 10.5 Å². The number of fused-ring (bicyclic) bond motifs is 1. The van der Waals surface area contributed by atoms with Crippen molar-refractivity contribution in [2.24, 2.45) is 5.14 Å². The molecule has 2 atom stereocenters. The van der Waals surface area contributed by atoms with E-state index in [-0.39, 0.29) is 11.3 Å². The standard InChI is InChI=1S/C18H15F2N3O2S/c19-9-26(23,10-22)17-4-3-16(14-1-2-15(24)18(14)17)25-13-6-11(8-21)5-12(20)7-13/h3-7,15,24H,1-2,9,23H2. The van der Waals surface area contributed by atoms with E-state index in [1.165, 1.54) is 18.2 Å². The SMILES string of the molecule is N#Cc1cc(F)cc(Oc2ccc(S(N)(C#N)CF)c3c2CCC3O)c1. The van der Waals surface area contributed by atoms with Crippen molar-refractivity contribution >= 4 is 10.2 Å². The lowest BCUT2D eigenvalue weighted by Gasteiger charge is -2.28. The van der Waals surface area contributed by atoms with Crippen molar-refractivity contribution in [3.63, 3.8) is 0 Å². The van der Waals surface area contributed by atoms with Gasteiger partial charge in [-0.05, 0) is 47.3 Å². The second-order valence-corrected chi connectivity index (χ2v) is 8.32. The van der Waals surface area contributed by atoms with E-state index in [1.807, 2.05) is 11.5 Å². The fourth-order valence-corrected chi connectivity index (χ4v) is 4.26. The molecule has 8 heteroatoms. The topological polar surface area (TPSA) is 103 Å². The summed E-state index contributed by atoms with van der Waals surface area (Å²) >= 11 is 0. The number of halogens is 2. The maximum absolute atomic E-state index is 13.6. The molecule has 0 amide bonds. The summed E-state index contributed by atoms with van der Waals surface area (Å²) in [6.07, 6.45) is -0.0309. The first-order valence-corrected chi connectivity index (χ1v) is 9.56. The molecule has 2 unspecified atom stereocenters. The minimum atomic E-state index is -2.84. The lowest BCUT2D eigenvalue weighted by atomic mass is 10.1. The van der Waals surface area contributed by atoms with Crippen LogP contribution in [0.4, 0.5) is 8.78 Å². The molecule has 3 rings (SSSR count). The van der Waals surface area contributed by atoms with Crippen LogP contribution in [0.25, 0.3) is 0 Å². The smallest absolute Gasteiger partial charge is 0.147 e. The van der Waals surface area contributed by atoms with Crippen LogP contribution in [0.5, 0.6) is 11.5 Å². The number of hydrogen-bond acceptors (Lipinski definition) is 5. The van der Waals surface area contributed by atoms with Gasteiger partial charge in [0.2, 0.25) is 0 Å². The molecule has 134 valence electrons. The zero-order chi connectivity index (χ0) is 18.9. The van der Waals surface area contributed by atoms with Gasteiger partial charge in [0.05, 0.1) is 17.7 Å². The number of hydrogen-bond donors (Lipinski definition) is 2. The Hall–Kier alpha value is -2.65. The summed E-state index contributed by atoms with van der Waals surface area (Å²) in [4.78, 5) is 0.298. The van der Waals surface area contributed by atoms with Gasteiger partial charge in [-0.1, -0.05) is 0 Å². The van der Waals surface area contributed by atoms with Crippen molar-refractivity contribution in [3.05, 3.63) is 52.8 Å². The number of rotatable bonds is 4. The molecular weight excluding hydrogens is 360 g/mol. The molecule has 0 radical (unpaired) electrons. The van der Waals surface area contributed by atoms with Gasteiger partial charge >= 0.3 is 0 Å². The number of nitriles is 2. The number of aliphatic hydroxyl groups excluding tert-OH is 1. The fraction of sp³-hybridized carbons (Fsp3) is 0.222. The molecule has 0 heterocycles. The van der Waals surface area contributed by atoms with Crippen LogP contribution >= 0.6 is 10.2 Å². The Bertz CT molecular complexity index is 955. The van der Waals surface area contributed by atoms with Crippen molar-refractivity contribution in [1.82, 2.24) is 0 Å². The maximum atomic E-state index is 13.6. The van der Waals surface area contributed by atoms with Gasteiger partial charge in [0, 0.05) is 22.1 Å². The van der Waals surface area contributed by atoms with Gasteiger partial charge in [-0.15, -0.1) is 0 Å². The number of nitrogens with two attached hydrogens (primary N) is 1.